The molecule has 2 aromatic rings. The molecule has 0 spiro atoms. The predicted octanol–water partition coefficient (Wildman–Crippen LogP) is 1.47. The van der Waals surface area contributed by atoms with Gasteiger partial charge in [0.2, 0.25) is 0 Å². The van der Waals surface area contributed by atoms with Crippen molar-refractivity contribution in [3.63, 3.8) is 0 Å². The van der Waals surface area contributed by atoms with E-state index in [0.29, 0.717) is 25.7 Å². The molecule has 2 rings (SSSR count). The lowest BCUT2D eigenvalue weighted by Crippen LogP contribution is -2.40. The summed E-state index contributed by atoms with van der Waals surface area (Å²) in [6.07, 6.45) is 0. The Morgan fingerprint density at radius 3 is 2.75 bits per heavy atom. The second-order valence-corrected chi connectivity index (χ2v) is 5.62. The molecular formula is C16H26N6O2. The third-order valence-corrected chi connectivity index (χ3v) is 3.70. The molecule has 0 aliphatic rings. The van der Waals surface area contributed by atoms with Crippen LogP contribution in [0, 0.1) is 13.8 Å². The van der Waals surface area contributed by atoms with E-state index in [4.69, 9.17) is 9.15 Å². The zero-order chi connectivity index (χ0) is 17.5. The van der Waals surface area contributed by atoms with E-state index in [0.717, 1.165) is 23.2 Å². The molecule has 1 unspecified atom stereocenters. The topological polar surface area (TPSA) is 89.5 Å². The highest BCUT2D eigenvalue weighted by atomic mass is 16.5. The Bertz CT molecular complexity index is 676. The fourth-order valence-corrected chi connectivity index (χ4v) is 2.12. The maximum absolute atomic E-state index is 5.66. The minimum absolute atomic E-state index is 0.00581. The number of nitrogens with one attached hydrogen (secondary N) is 2. The van der Waals surface area contributed by atoms with Crippen LogP contribution in [0.3, 0.4) is 0 Å². The van der Waals surface area contributed by atoms with Gasteiger partial charge in [0.25, 0.3) is 0 Å². The van der Waals surface area contributed by atoms with Gasteiger partial charge in [-0.2, -0.15) is 0 Å². The summed E-state index contributed by atoms with van der Waals surface area (Å²) in [5.74, 6) is 4.10. The van der Waals surface area contributed by atoms with E-state index in [1.54, 1.807) is 7.11 Å². The number of nitrogens with zero attached hydrogens (tertiary/aromatic N) is 4. The highest BCUT2D eigenvalue weighted by molar-refractivity contribution is 5.80. The van der Waals surface area contributed by atoms with Gasteiger partial charge in [0.15, 0.2) is 11.8 Å². The average molecular weight is 334 g/mol. The molecule has 0 saturated carbocycles. The summed E-state index contributed by atoms with van der Waals surface area (Å²) in [4.78, 5) is 4.59. The molecular weight excluding hydrogens is 308 g/mol. The summed E-state index contributed by atoms with van der Waals surface area (Å²) in [5, 5.41) is 14.8. The lowest BCUT2D eigenvalue weighted by atomic mass is 10.2. The van der Waals surface area contributed by atoms with E-state index in [-0.39, 0.29) is 6.04 Å². The van der Waals surface area contributed by atoms with Gasteiger partial charge in [0, 0.05) is 20.7 Å². The fourth-order valence-electron chi connectivity index (χ4n) is 2.12. The van der Waals surface area contributed by atoms with Crippen molar-refractivity contribution in [3.05, 3.63) is 35.3 Å². The first-order valence-electron chi connectivity index (χ1n) is 7.96. The molecule has 0 aromatic carbocycles. The van der Waals surface area contributed by atoms with Gasteiger partial charge in [-0.25, -0.2) is 4.99 Å². The van der Waals surface area contributed by atoms with E-state index < -0.39 is 0 Å². The van der Waals surface area contributed by atoms with Crippen LogP contribution in [-0.4, -0.2) is 41.0 Å². The summed E-state index contributed by atoms with van der Waals surface area (Å²) >= 11 is 0. The van der Waals surface area contributed by atoms with E-state index in [2.05, 4.69) is 25.8 Å². The van der Waals surface area contributed by atoms with Crippen molar-refractivity contribution in [1.82, 2.24) is 25.4 Å². The number of methoxy groups -OCH3 is 1. The summed E-state index contributed by atoms with van der Waals surface area (Å²) in [6.45, 7) is 7.56. The van der Waals surface area contributed by atoms with Crippen LogP contribution in [0.25, 0.3) is 0 Å². The Labute approximate surface area is 142 Å². The summed E-state index contributed by atoms with van der Waals surface area (Å²) in [7, 11) is 3.60. The van der Waals surface area contributed by atoms with E-state index in [9.17, 15) is 0 Å². The molecule has 2 heterocycles. The van der Waals surface area contributed by atoms with E-state index >= 15 is 0 Å². The fraction of sp³-hybridized carbons (Fsp3) is 0.562. The van der Waals surface area contributed by atoms with Crippen molar-refractivity contribution in [1.29, 1.82) is 0 Å². The zero-order valence-electron chi connectivity index (χ0n) is 15.0. The molecule has 0 bridgehead atoms. The Balaban J connectivity index is 2.05. The molecule has 2 N–H and O–H groups in total. The van der Waals surface area contributed by atoms with Crippen LogP contribution in [0.2, 0.25) is 0 Å². The third kappa shape index (κ3) is 4.82. The van der Waals surface area contributed by atoms with Crippen LogP contribution in [0.5, 0.6) is 0 Å². The molecule has 24 heavy (non-hydrogen) atoms. The molecule has 8 nitrogen and oxygen atoms in total. The number of furan rings is 1. The third-order valence-electron chi connectivity index (χ3n) is 3.70. The first-order valence-corrected chi connectivity index (χ1v) is 7.96. The lowest BCUT2D eigenvalue weighted by molar-refractivity contribution is 0.203. The van der Waals surface area contributed by atoms with Crippen LogP contribution < -0.4 is 10.6 Å². The Morgan fingerprint density at radius 2 is 2.17 bits per heavy atom. The number of rotatable bonds is 7. The summed E-state index contributed by atoms with van der Waals surface area (Å²) in [5.41, 5.74) is 0. The molecule has 8 heteroatoms. The number of ether oxygens (including phenoxy) is 1. The van der Waals surface area contributed by atoms with Crippen molar-refractivity contribution in [3.8, 4) is 0 Å². The van der Waals surface area contributed by atoms with Crippen molar-refractivity contribution in [2.75, 3.05) is 20.3 Å². The molecule has 2 aromatic heterocycles. The maximum Gasteiger partial charge on any atom is 0.192 e. The predicted molar refractivity (Wildman–Crippen MR) is 91.8 cm³/mol. The summed E-state index contributed by atoms with van der Waals surface area (Å²) < 4.78 is 12.7. The maximum atomic E-state index is 5.66. The number of aliphatic imine (C=N–C) groups is 1. The standard InChI is InChI=1S/C16H26N6O2/c1-11-6-7-14(24-11)12(2)19-16(17-8-9-23-5)18-10-15-21-20-13(3)22(15)4/h6-7,12H,8-10H2,1-5H3,(H2,17,18,19). The normalized spacial score (nSPS) is 13.1. The number of aryl methyl sites for hydroxylation is 2. The first-order chi connectivity index (χ1) is 11.5. The molecule has 0 saturated heterocycles. The first kappa shape index (κ1) is 18.0. The van der Waals surface area contributed by atoms with Crippen molar-refractivity contribution >= 4 is 5.96 Å². The lowest BCUT2D eigenvalue weighted by Gasteiger charge is -2.16. The molecule has 0 aliphatic carbocycles. The molecule has 132 valence electrons. The Hall–Kier alpha value is -2.35. The Kier molecular flexibility index (Phi) is 6.36. The van der Waals surface area contributed by atoms with Gasteiger partial charge in [-0.15, -0.1) is 10.2 Å². The molecule has 0 amide bonds. The monoisotopic (exact) mass is 334 g/mol. The molecule has 0 fully saturated rings. The highest BCUT2D eigenvalue weighted by Crippen LogP contribution is 2.15. The quantitative estimate of drug-likeness (QED) is 0.453. The molecule has 0 radical (unpaired) electrons. The van der Waals surface area contributed by atoms with Gasteiger partial charge in [-0.05, 0) is 32.9 Å². The van der Waals surface area contributed by atoms with Gasteiger partial charge < -0.3 is 24.4 Å². The van der Waals surface area contributed by atoms with Crippen LogP contribution in [0.15, 0.2) is 21.5 Å². The van der Waals surface area contributed by atoms with Gasteiger partial charge in [-0.1, -0.05) is 0 Å². The second kappa shape index (κ2) is 8.49. The van der Waals surface area contributed by atoms with Crippen molar-refractivity contribution in [2.45, 2.75) is 33.4 Å². The number of hydrogen-bond acceptors (Lipinski definition) is 5. The largest absolute Gasteiger partial charge is 0.464 e. The zero-order valence-corrected chi connectivity index (χ0v) is 15.0. The Morgan fingerprint density at radius 1 is 1.38 bits per heavy atom. The van der Waals surface area contributed by atoms with Crippen LogP contribution in [0.1, 0.15) is 36.1 Å². The smallest absolute Gasteiger partial charge is 0.192 e. The number of hydrogen-bond donors (Lipinski definition) is 2. The van der Waals surface area contributed by atoms with Crippen molar-refractivity contribution < 1.29 is 9.15 Å². The van der Waals surface area contributed by atoms with Crippen molar-refractivity contribution in [2.24, 2.45) is 12.0 Å². The van der Waals surface area contributed by atoms with Gasteiger partial charge in [-0.3, -0.25) is 0 Å². The second-order valence-electron chi connectivity index (χ2n) is 5.62. The average Bonchev–Trinajstić information content (AvgIpc) is 3.12. The minimum atomic E-state index is -0.00581. The number of aromatic nitrogens is 3. The SMILES string of the molecule is COCCNC(=NCc1nnc(C)n1C)NC(C)c1ccc(C)o1. The summed E-state index contributed by atoms with van der Waals surface area (Å²) in [6, 6.07) is 3.91. The highest BCUT2D eigenvalue weighted by Gasteiger charge is 2.12. The van der Waals surface area contributed by atoms with Crippen LogP contribution in [0.4, 0.5) is 0 Å². The number of guanidine groups is 1. The molecule has 0 aliphatic heterocycles. The van der Waals surface area contributed by atoms with E-state index in [1.165, 1.54) is 0 Å². The minimum Gasteiger partial charge on any atom is -0.464 e. The van der Waals surface area contributed by atoms with Crippen LogP contribution >= 0.6 is 0 Å². The van der Waals surface area contributed by atoms with Gasteiger partial charge >= 0.3 is 0 Å². The molecule has 1 atom stereocenters. The van der Waals surface area contributed by atoms with Gasteiger partial charge in [0.1, 0.15) is 23.9 Å². The van der Waals surface area contributed by atoms with Gasteiger partial charge in [0.05, 0.1) is 12.6 Å². The van der Waals surface area contributed by atoms with E-state index in [1.807, 2.05) is 44.5 Å². The van der Waals surface area contributed by atoms with Crippen LogP contribution in [-0.2, 0) is 18.3 Å².